The van der Waals surface area contributed by atoms with Gasteiger partial charge in [-0.3, -0.25) is 10.1 Å². The maximum atomic E-state index is 12.9. The highest BCUT2D eigenvalue weighted by Crippen LogP contribution is 2.28. The molecule has 2 aromatic carbocycles. The van der Waals surface area contributed by atoms with E-state index in [2.05, 4.69) is 14.6 Å². The fourth-order valence-corrected chi connectivity index (χ4v) is 4.08. The SMILES string of the molecule is CCN(Cc1ccccc1)S(=O)(=O)c1ccc(C(=O)Nc2nnc(C(F)(F)F)o2)cc1. The van der Waals surface area contributed by atoms with Gasteiger partial charge >= 0.3 is 18.1 Å². The number of hydrogen-bond donors (Lipinski definition) is 1. The van der Waals surface area contributed by atoms with Gasteiger partial charge in [0.05, 0.1) is 4.90 Å². The van der Waals surface area contributed by atoms with Crippen LogP contribution in [0.2, 0.25) is 0 Å². The number of carbonyl (C=O) groups excluding carboxylic acids is 1. The van der Waals surface area contributed by atoms with Crippen molar-refractivity contribution < 1.29 is 30.8 Å². The van der Waals surface area contributed by atoms with Crippen LogP contribution in [0.4, 0.5) is 19.2 Å². The molecule has 12 heteroatoms. The van der Waals surface area contributed by atoms with Gasteiger partial charge in [-0.25, -0.2) is 8.42 Å². The molecular formula is C19H17F3N4O4S. The number of nitrogens with one attached hydrogen (secondary N) is 1. The lowest BCUT2D eigenvalue weighted by molar-refractivity contribution is -0.156. The third-order valence-electron chi connectivity index (χ3n) is 4.20. The monoisotopic (exact) mass is 454 g/mol. The van der Waals surface area contributed by atoms with E-state index in [0.29, 0.717) is 0 Å². The maximum absolute atomic E-state index is 12.9. The molecule has 3 aromatic rings. The summed E-state index contributed by atoms with van der Waals surface area (Å²) in [4.78, 5) is 12.2. The molecule has 0 aliphatic carbocycles. The Morgan fingerprint density at radius 2 is 1.71 bits per heavy atom. The van der Waals surface area contributed by atoms with Gasteiger partial charge in [0.15, 0.2) is 0 Å². The molecule has 0 saturated heterocycles. The van der Waals surface area contributed by atoms with Crippen LogP contribution in [-0.2, 0) is 22.7 Å². The minimum atomic E-state index is -4.84. The Balaban J connectivity index is 1.73. The number of rotatable bonds is 7. The fraction of sp³-hybridized carbons (Fsp3) is 0.211. The molecule has 1 heterocycles. The summed E-state index contributed by atoms with van der Waals surface area (Å²) in [5, 5.41) is 7.95. The number of carbonyl (C=O) groups is 1. The lowest BCUT2D eigenvalue weighted by atomic mass is 10.2. The van der Waals surface area contributed by atoms with E-state index in [1.807, 2.05) is 35.6 Å². The number of amides is 1. The van der Waals surface area contributed by atoms with Gasteiger partial charge in [0.1, 0.15) is 0 Å². The van der Waals surface area contributed by atoms with Gasteiger partial charge in [0, 0.05) is 18.7 Å². The van der Waals surface area contributed by atoms with Crippen LogP contribution in [0.5, 0.6) is 0 Å². The Morgan fingerprint density at radius 1 is 1.06 bits per heavy atom. The Labute approximate surface area is 175 Å². The molecule has 164 valence electrons. The molecule has 0 bridgehead atoms. The van der Waals surface area contributed by atoms with E-state index in [0.717, 1.165) is 5.56 Å². The summed E-state index contributed by atoms with van der Waals surface area (Å²) in [6.07, 6.45) is -4.84. The van der Waals surface area contributed by atoms with Crippen LogP contribution < -0.4 is 5.32 Å². The maximum Gasteiger partial charge on any atom is 0.470 e. The zero-order valence-electron chi connectivity index (χ0n) is 16.1. The molecule has 31 heavy (non-hydrogen) atoms. The van der Waals surface area contributed by atoms with Gasteiger partial charge < -0.3 is 4.42 Å². The van der Waals surface area contributed by atoms with Gasteiger partial charge in [-0.2, -0.15) is 17.5 Å². The Hall–Kier alpha value is -3.25. The molecule has 8 nitrogen and oxygen atoms in total. The zero-order valence-corrected chi connectivity index (χ0v) is 16.9. The highest BCUT2D eigenvalue weighted by atomic mass is 32.2. The summed E-state index contributed by atoms with van der Waals surface area (Å²) in [5.74, 6) is -2.43. The zero-order chi connectivity index (χ0) is 22.6. The van der Waals surface area contributed by atoms with Crippen molar-refractivity contribution in [1.82, 2.24) is 14.5 Å². The topological polar surface area (TPSA) is 105 Å². The van der Waals surface area contributed by atoms with Crippen molar-refractivity contribution in [2.24, 2.45) is 0 Å². The van der Waals surface area contributed by atoms with Crippen LogP contribution >= 0.6 is 0 Å². The molecule has 0 spiro atoms. The van der Waals surface area contributed by atoms with Crippen LogP contribution in [0.25, 0.3) is 0 Å². The average Bonchev–Trinajstić information content (AvgIpc) is 3.22. The Morgan fingerprint density at radius 3 is 2.26 bits per heavy atom. The van der Waals surface area contributed by atoms with Gasteiger partial charge in [0.2, 0.25) is 10.0 Å². The van der Waals surface area contributed by atoms with Gasteiger partial charge in [-0.05, 0) is 29.8 Å². The predicted molar refractivity (Wildman–Crippen MR) is 103 cm³/mol. The molecule has 0 atom stereocenters. The number of sulfonamides is 1. The summed E-state index contributed by atoms with van der Waals surface area (Å²) < 4.78 is 68.9. The highest BCUT2D eigenvalue weighted by molar-refractivity contribution is 7.89. The van der Waals surface area contributed by atoms with Crippen molar-refractivity contribution in [2.75, 3.05) is 11.9 Å². The number of hydrogen-bond acceptors (Lipinski definition) is 6. The molecule has 0 unspecified atom stereocenters. The molecule has 0 aliphatic rings. The molecule has 0 aliphatic heterocycles. The van der Waals surface area contributed by atoms with Gasteiger partial charge in [0.25, 0.3) is 5.91 Å². The normalized spacial score (nSPS) is 12.2. The molecule has 1 N–H and O–H groups in total. The van der Waals surface area contributed by atoms with E-state index < -0.39 is 34.0 Å². The summed E-state index contributed by atoms with van der Waals surface area (Å²) in [7, 11) is -3.83. The smallest absolute Gasteiger partial charge is 0.399 e. The molecule has 0 radical (unpaired) electrons. The van der Waals surface area contributed by atoms with Gasteiger partial charge in [-0.15, -0.1) is 5.10 Å². The third-order valence-corrected chi connectivity index (χ3v) is 6.13. The van der Waals surface area contributed by atoms with Crippen LogP contribution in [-0.4, -0.2) is 35.4 Å². The number of nitrogens with zero attached hydrogens (tertiary/aromatic N) is 3. The van der Waals surface area contributed by atoms with E-state index in [1.54, 1.807) is 6.92 Å². The first-order valence-corrected chi connectivity index (χ1v) is 10.4. The minimum absolute atomic E-state index is 0.00295. The largest absolute Gasteiger partial charge is 0.470 e. The molecule has 1 aromatic heterocycles. The molecule has 3 rings (SSSR count). The standard InChI is InChI=1S/C19H17F3N4O4S/c1-2-26(12-13-6-4-3-5-7-13)31(28,29)15-10-8-14(9-11-15)16(27)23-18-25-24-17(30-18)19(20,21)22/h3-11H,2,12H2,1H3,(H,23,25,27). The van der Waals surface area contributed by atoms with E-state index in [1.165, 1.54) is 28.6 Å². The summed E-state index contributed by atoms with van der Waals surface area (Å²) >= 11 is 0. The average molecular weight is 454 g/mol. The predicted octanol–water partition coefficient (Wildman–Crippen LogP) is 3.55. The van der Waals surface area contributed by atoms with Crippen LogP contribution in [0, 0.1) is 0 Å². The second kappa shape index (κ2) is 8.86. The summed E-state index contributed by atoms with van der Waals surface area (Å²) in [6.45, 7) is 2.13. The molecule has 0 fully saturated rings. The summed E-state index contributed by atoms with van der Waals surface area (Å²) in [5.41, 5.74) is 0.818. The van der Waals surface area contributed by atoms with Crippen molar-refractivity contribution in [1.29, 1.82) is 0 Å². The molecule has 0 saturated carbocycles. The second-order valence-corrected chi connectivity index (χ2v) is 8.24. The third kappa shape index (κ3) is 5.27. The van der Waals surface area contributed by atoms with E-state index in [9.17, 15) is 26.4 Å². The van der Waals surface area contributed by atoms with Crippen molar-refractivity contribution in [3.63, 3.8) is 0 Å². The number of alkyl halides is 3. The van der Waals surface area contributed by atoms with Crippen molar-refractivity contribution in [2.45, 2.75) is 24.5 Å². The fourth-order valence-electron chi connectivity index (χ4n) is 2.64. The van der Waals surface area contributed by atoms with E-state index >= 15 is 0 Å². The van der Waals surface area contributed by atoms with E-state index in [4.69, 9.17) is 0 Å². The molecule has 1 amide bonds. The van der Waals surface area contributed by atoms with Crippen molar-refractivity contribution >= 4 is 21.9 Å². The first kappa shape index (κ1) is 22.4. The Kier molecular flexibility index (Phi) is 6.41. The van der Waals surface area contributed by atoms with Crippen LogP contribution in [0.3, 0.4) is 0 Å². The second-order valence-electron chi connectivity index (χ2n) is 6.31. The quantitative estimate of drug-likeness (QED) is 0.585. The Bertz CT molecular complexity index is 1150. The van der Waals surface area contributed by atoms with Crippen molar-refractivity contribution in [3.8, 4) is 0 Å². The highest BCUT2D eigenvalue weighted by Gasteiger charge is 2.38. The summed E-state index contributed by atoms with van der Waals surface area (Å²) in [6, 6.07) is 13.3. The number of halogens is 3. The van der Waals surface area contributed by atoms with E-state index in [-0.39, 0.29) is 23.5 Å². The number of aromatic nitrogens is 2. The van der Waals surface area contributed by atoms with Crippen molar-refractivity contribution in [3.05, 3.63) is 71.6 Å². The lowest BCUT2D eigenvalue weighted by Gasteiger charge is -2.20. The first-order valence-electron chi connectivity index (χ1n) is 8.97. The van der Waals surface area contributed by atoms with Crippen LogP contribution in [0.1, 0.15) is 28.7 Å². The minimum Gasteiger partial charge on any atom is -0.399 e. The molecular weight excluding hydrogens is 437 g/mol. The first-order chi connectivity index (χ1) is 14.6. The van der Waals surface area contributed by atoms with Gasteiger partial charge in [-0.1, -0.05) is 42.4 Å². The lowest BCUT2D eigenvalue weighted by Crippen LogP contribution is -2.30. The number of benzene rings is 2. The van der Waals surface area contributed by atoms with Crippen LogP contribution in [0.15, 0.2) is 63.9 Å². The number of anilines is 1.